The minimum Gasteiger partial charge on any atom is -0.393 e. The number of sulfonamides is 1. The van der Waals surface area contributed by atoms with Crippen LogP contribution in [0.1, 0.15) is 26.7 Å². The molecule has 0 bridgehead atoms. The van der Waals surface area contributed by atoms with Crippen LogP contribution < -0.4 is 5.32 Å². The van der Waals surface area contributed by atoms with Gasteiger partial charge < -0.3 is 10.4 Å². The van der Waals surface area contributed by atoms with E-state index in [4.69, 9.17) is 0 Å². The Kier molecular flexibility index (Phi) is 6.31. The van der Waals surface area contributed by atoms with Gasteiger partial charge in [-0.05, 0) is 19.8 Å². The van der Waals surface area contributed by atoms with Crippen LogP contribution in [-0.2, 0) is 10.0 Å². The van der Waals surface area contributed by atoms with E-state index in [1.165, 1.54) is 23.7 Å². The van der Waals surface area contributed by atoms with Crippen LogP contribution in [-0.4, -0.2) is 54.0 Å². The number of nitrogens with zero attached hydrogens (tertiary/aromatic N) is 3. The van der Waals surface area contributed by atoms with E-state index in [2.05, 4.69) is 15.3 Å². The van der Waals surface area contributed by atoms with Crippen molar-refractivity contribution >= 4 is 16.0 Å². The van der Waals surface area contributed by atoms with Crippen LogP contribution in [0.4, 0.5) is 5.95 Å². The highest BCUT2D eigenvalue weighted by Crippen LogP contribution is 2.13. The summed E-state index contributed by atoms with van der Waals surface area (Å²) in [6.45, 7) is 4.62. The maximum atomic E-state index is 12.2. The zero-order valence-corrected chi connectivity index (χ0v) is 12.9. The second kappa shape index (κ2) is 7.51. The highest BCUT2D eigenvalue weighted by Gasteiger charge is 2.21. The molecular weight excluding hydrogens is 280 g/mol. The van der Waals surface area contributed by atoms with Gasteiger partial charge in [-0.25, -0.2) is 22.7 Å². The molecule has 0 radical (unpaired) electrons. The third kappa shape index (κ3) is 4.69. The molecule has 1 aromatic rings. The molecule has 0 spiro atoms. The lowest BCUT2D eigenvalue weighted by Crippen LogP contribution is -2.29. The van der Waals surface area contributed by atoms with Gasteiger partial charge in [0.05, 0.1) is 18.5 Å². The van der Waals surface area contributed by atoms with Crippen molar-refractivity contribution in [3.05, 3.63) is 12.4 Å². The molecule has 0 fully saturated rings. The maximum Gasteiger partial charge on any atom is 0.245 e. The molecule has 0 saturated heterocycles. The number of hydrogen-bond acceptors (Lipinski definition) is 6. The standard InChI is InChI=1S/C12H22N4O3S/c1-4-6-13-12-14-8-11(9-15-12)20(18,19)16(3)7-5-10(2)17/h8-10,17H,4-7H2,1-3H3,(H,13,14,15). The van der Waals surface area contributed by atoms with E-state index in [-0.39, 0.29) is 11.4 Å². The SMILES string of the molecule is CCCNc1ncc(S(=O)(=O)N(C)CCC(C)O)cn1. The van der Waals surface area contributed by atoms with E-state index in [0.717, 1.165) is 13.0 Å². The summed E-state index contributed by atoms with van der Waals surface area (Å²) in [5, 5.41) is 12.2. The molecule has 8 heteroatoms. The first kappa shape index (κ1) is 16.8. The number of aliphatic hydroxyl groups excluding tert-OH is 1. The molecule has 1 rings (SSSR count). The second-order valence-electron chi connectivity index (χ2n) is 4.63. The van der Waals surface area contributed by atoms with Gasteiger partial charge in [-0.1, -0.05) is 6.92 Å². The van der Waals surface area contributed by atoms with Crippen molar-refractivity contribution in [1.29, 1.82) is 0 Å². The summed E-state index contributed by atoms with van der Waals surface area (Å²) in [7, 11) is -2.13. The van der Waals surface area contributed by atoms with E-state index >= 15 is 0 Å². The van der Waals surface area contributed by atoms with E-state index < -0.39 is 16.1 Å². The Labute approximate surface area is 120 Å². The van der Waals surface area contributed by atoms with E-state index in [9.17, 15) is 13.5 Å². The first-order valence-corrected chi connectivity index (χ1v) is 8.02. The summed E-state index contributed by atoms with van der Waals surface area (Å²) in [5.74, 6) is 0.414. The Hall–Kier alpha value is -1.25. The smallest absolute Gasteiger partial charge is 0.245 e. The molecule has 114 valence electrons. The number of anilines is 1. The topological polar surface area (TPSA) is 95.4 Å². The summed E-state index contributed by atoms with van der Waals surface area (Å²) in [6.07, 6.45) is 3.36. The number of rotatable bonds is 8. The first-order valence-electron chi connectivity index (χ1n) is 6.58. The summed E-state index contributed by atoms with van der Waals surface area (Å²) < 4.78 is 25.6. The van der Waals surface area contributed by atoms with Crippen LogP contribution in [0.5, 0.6) is 0 Å². The summed E-state index contributed by atoms with van der Waals surface area (Å²) >= 11 is 0. The molecule has 0 aliphatic carbocycles. The number of nitrogens with one attached hydrogen (secondary N) is 1. The van der Waals surface area contributed by atoms with Gasteiger partial charge in [-0.15, -0.1) is 0 Å². The Morgan fingerprint density at radius 3 is 2.50 bits per heavy atom. The highest BCUT2D eigenvalue weighted by atomic mass is 32.2. The summed E-state index contributed by atoms with van der Waals surface area (Å²) in [4.78, 5) is 8.01. The number of aromatic nitrogens is 2. The molecule has 2 N–H and O–H groups in total. The van der Waals surface area contributed by atoms with Crippen molar-refractivity contribution in [2.24, 2.45) is 0 Å². The van der Waals surface area contributed by atoms with Crippen molar-refractivity contribution in [2.45, 2.75) is 37.7 Å². The molecule has 1 unspecified atom stereocenters. The molecule has 0 aromatic carbocycles. The molecule has 0 aliphatic heterocycles. The number of hydrogen-bond donors (Lipinski definition) is 2. The summed E-state index contributed by atoms with van der Waals surface area (Å²) in [6, 6.07) is 0. The average Bonchev–Trinajstić information content (AvgIpc) is 2.42. The minimum absolute atomic E-state index is 0.0487. The Morgan fingerprint density at radius 2 is 2.00 bits per heavy atom. The molecular formula is C12H22N4O3S. The van der Waals surface area contributed by atoms with Gasteiger partial charge in [-0.2, -0.15) is 0 Å². The summed E-state index contributed by atoms with van der Waals surface area (Å²) in [5.41, 5.74) is 0. The van der Waals surface area contributed by atoms with Crippen LogP contribution in [0, 0.1) is 0 Å². The first-order chi connectivity index (χ1) is 9.37. The third-order valence-electron chi connectivity index (χ3n) is 2.73. The zero-order valence-electron chi connectivity index (χ0n) is 12.1. The fourth-order valence-corrected chi connectivity index (χ4v) is 2.52. The lowest BCUT2D eigenvalue weighted by Gasteiger charge is -2.17. The highest BCUT2D eigenvalue weighted by molar-refractivity contribution is 7.89. The quantitative estimate of drug-likeness (QED) is 0.733. The van der Waals surface area contributed by atoms with Gasteiger partial charge in [0, 0.05) is 20.1 Å². The Balaban J connectivity index is 2.76. The normalized spacial score (nSPS) is 13.4. The Bertz CT molecular complexity index is 502. The van der Waals surface area contributed by atoms with Gasteiger partial charge in [-0.3, -0.25) is 0 Å². The fraction of sp³-hybridized carbons (Fsp3) is 0.667. The maximum absolute atomic E-state index is 12.2. The molecule has 1 atom stereocenters. The van der Waals surface area contributed by atoms with Crippen LogP contribution in [0.15, 0.2) is 17.3 Å². The van der Waals surface area contributed by atoms with E-state index in [1.807, 2.05) is 6.92 Å². The molecule has 1 heterocycles. The van der Waals surface area contributed by atoms with E-state index in [0.29, 0.717) is 12.4 Å². The van der Waals surface area contributed by atoms with E-state index in [1.54, 1.807) is 6.92 Å². The van der Waals surface area contributed by atoms with Crippen LogP contribution in [0.3, 0.4) is 0 Å². The van der Waals surface area contributed by atoms with Gasteiger partial charge in [0.2, 0.25) is 16.0 Å². The lowest BCUT2D eigenvalue weighted by atomic mass is 10.3. The molecule has 0 aliphatic rings. The van der Waals surface area contributed by atoms with Crippen molar-refractivity contribution in [2.75, 3.05) is 25.5 Å². The van der Waals surface area contributed by atoms with Gasteiger partial charge in [0.15, 0.2) is 0 Å². The lowest BCUT2D eigenvalue weighted by molar-refractivity contribution is 0.177. The molecule has 7 nitrogen and oxygen atoms in total. The van der Waals surface area contributed by atoms with Crippen LogP contribution in [0.2, 0.25) is 0 Å². The monoisotopic (exact) mass is 302 g/mol. The average molecular weight is 302 g/mol. The van der Waals surface area contributed by atoms with Crippen LogP contribution >= 0.6 is 0 Å². The molecule has 0 amide bonds. The van der Waals surface area contributed by atoms with Crippen molar-refractivity contribution in [3.63, 3.8) is 0 Å². The zero-order chi connectivity index (χ0) is 15.2. The largest absolute Gasteiger partial charge is 0.393 e. The van der Waals surface area contributed by atoms with Crippen molar-refractivity contribution in [3.8, 4) is 0 Å². The van der Waals surface area contributed by atoms with Gasteiger partial charge in [0.1, 0.15) is 4.90 Å². The van der Waals surface area contributed by atoms with Gasteiger partial charge in [0.25, 0.3) is 0 Å². The van der Waals surface area contributed by atoms with Crippen molar-refractivity contribution in [1.82, 2.24) is 14.3 Å². The second-order valence-corrected chi connectivity index (χ2v) is 6.68. The predicted molar refractivity (Wildman–Crippen MR) is 76.9 cm³/mol. The van der Waals surface area contributed by atoms with Gasteiger partial charge >= 0.3 is 0 Å². The minimum atomic E-state index is -3.60. The predicted octanol–water partition coefficient (Wildman–Crippen LogP) is 0.690. The number of aliphatic hydroxyl groups is 1. The fourth-order valence-electron chi connectivity index (χ4n) is 1.45. The Morgan fingerprint density at radius 1 is 1.40 bits per heavy atom. The molecule has 0 saturated carbocycles. The molecule has 20 heavy (non-hydrogen) atoms. The molecule has 1 aromatic heterocycles. The van der Waals surface area contributed by atoms with Crippen LogP contribution in [0.25, 0.3) is 0 Å². The third-order valence-corrected chi connectivity index (χ3v) is 4.54. The van der Waals surface area contributed by atoms with Crippen molar-refractivity contribution < 1.29 is 13.5 Å².